The van der Waals surface area contributed by atoms with Gasteiger partial charge in [-0.15, -0.1) is 0 Å². The van der Waals surface area contributed by atoms with E-state index in [2.05, 4.69) is 10.6 Å². The predicted octanol–water partition coefficient (Wildman–Crippen LogP) is 2.87. The molecule has 2 aromatic rings. The number of aliphatic hydroxyl groups excluding tert-OH is 1. The number of aryl methyl sites for hydroxylation is 1. The highest BCUT2D eigenvalue weighted by Crippen LogP contribution is 2.21. The Morgan fingerprint density at radius 2 is 1.88 bits per heavy atom. The van der Waals surface area contributed by atoms with Gasteiger partial charge in [-0.1, -0.05) is 6.07 Å². The van der Waals surface area contributed by atoms with Gasteiger partial charge in [-0.05, 0) is 62.4 Å². The minimum atomic E-state index is -0.355. The maximum atomic E-state index is 12.5. The number of carbonyl (C=O) groups excluding carboxylic acids is 2. The first kappa shape index (κ1) is 17.2. The topological polar surface area (TPSA) is 91.6 Å². The maximum absolute atomic E-state index is 12.5. The fourth-order valence-corrected chi connectivity index (χ4v) is 2.98. The molecule has 0 radical (unpaired) electrons. The summed E-state index contributed by atoms with van der Waals surface area (Å²) in [6.45, 7) is 1.86. The molecule has 1 heterocycles. The summed E-state index contributed by atoms with van der Waals surface area (Å²) in [5.74, 6) is -0.308. The molecule has 0 spiro atoms. The van der Waals surface area contributed by atoms with Crippen molar-refractivity contribution < 1.29 is 19.1 Å². The molecular formula is C19H22N2O4. The van der Waals surface area contributed by atoms with Crippen LogP contribution in [0, 0.1) is 6.92 Å². The lowest BCUT2D eigenvalue weighted by molar-refractivity contribution is 0.0867. The molecule has 2 amide bonds. The number of hydrogen-bond donors (Lipinski definition) is 3. The zero-order valence-electron chi connectivity index (χ0n) is 14.1. The Morgan fingerprint density at radius 3 is 2.56 bits per heavy atom. The van der Waals surface area contributed by atoms with Crippen LogP contribution in [0.1, 0.15) is 52.2 Å². The minimum absolute atomic E-state index is 0.0818. The van der Waals surface area contributed by atoms with Crippen LogP contribution >= 0.6 is 0 Å². The van der Waals surface area contributed by atoms with Gasteiger partial charge in [0, 0.05) is 17.3 Å². The third-order valence-electron chi connectivity index (χ3n) is 4.52. The minimum Gasteiger partial charge on any atom is -0.459 e. The summed E-state index contributed by atoms with van der Waals surface area (Å²) in [6.07, 6.45) is 4.16. The van der Waals surface area contributed by atoms with Crippen molar-refractivity contribution in [2.75, 3.05) is 5.32 Å². The van der Waals surface area contributed by atoms with Crippen molar-refractivity contribution in [3.8, 4) is 0 Å². The van der Waals surface area contributed by atoms with Crippen LogP contribution in [0.4, 0.5) is 5.69 Å². The molecule has 1 saturated carbocycles. The van der Waals surface area contributed by atoms with E-state index < -0.39 is 0 Å². The lowest BCUT2D eigenvalue weighted by Crippen LogP contribution is -2.38. The van der Waals surface area contributed by atoms with Crippen LogP contribution in [0.2, 0.25) is 0 Å². The van der Waals surface area contributed by atoms with Crippen LogP contribution in [0.3, 0.4) is 0 Å². The Kier molecular flexibility index (Phi) is 5.19. The van der Waals surface area contributed by atoms with E-state index in [1.807, 2.05) is 6.92 Å². The molecule has 0 unspecified atom stereocenters. The van der Waals surface area contributed by atoms with E-state index in [4.69, 9.17) is 4.42 Å². The first-order valence-corrected chi connectivity index (χ1v) is 8.47. The SMILES string of the molecule is Cc1ccc(C(=O)NC2CCC(O)CC2)cc1NC(=O)c1ccco1. The number of nitrogens with one attached hydrogen (secondary N) is 2. The van der Waals surface area contributed by atoms with Gasteiger partial charge in [0.05, 0.1) is 12.4 Å². The molecule has 0 bridgehead atoms. The van der Waals surface area contributed by atoms with Crippen molar-refractivity contribution in [1.82, 2.24) is 5.32 Å². The summed E-state index contributed by atoms with van der Waals surface area (Å²) >= 11 is 0. The summed E-state index contributed by atoms with van der Waals surface area (Å²) in [5.41, 5.74) is 1.93. The number of benzene rings is 1. The van der Waals surface area contributed by atoms with E-state index in [9.17, 15) is 14.7 Å². The summed E-state index contributed by atoms with van der Waals surface area (Å²) in [7, 11) is 0. The molecule has 25 heavy (non-hydrogen) atoms. The Labute approximate surface area is 146 Å². The van der Waals surface area contributed by atoms with Gasteiger partial charge in [-0.2, -0.15) is 0 Å². The Morgan fingerprint density at radius 1 is 1.12 bits per heavy atom. The van der Waals surface area contributed by atoms with E-state index in [1.54, 1.807) is 30.3 Å². The number of hydrogen-bond acceptors (Lipinski definition) is 4. The largest absolute Gasteiger partial charge is 0.459 e. The monoisotopic (exact) mass is 342 g/mol. The number of amides is 2. The van der Waals surface area contributed by atoms with Crippen molar-refractivity contribution in [1.29, 1.82) is 0 Å². The molecule has 1 aliphatic rings. The molecule has 1 fully saturated rings. The molecule has 0 atom stereocenters. The second kappa shape index (κ2) is 7.53. The van der Waals surface area contributed by atoms with Crippen molar-refractivity contribution in [3.63, 3.8) is 0 Å². The third kappa shape index (κ3) is 4.28. The molecule has 6 nitrogen and oxygen atoms in total. The van der Waals surface area contributed by atoms with E-state index in [0.29, 0.717) is 24.1 Å². The lowest BCUT2D eigenvalue weighted by Gasteiger charge is -2.26. The van der Waals surface area contributed by atoms with Crippen molar-refractivity contribution in [2.24, 2.45) is 0 Å². The molecule has 1 aliphatic carbocycles. The molecule has 3 N–H and O–H groups in total. The molecule has 3 rings (SSSR count). The highest BCUT2D eigenvalue weighted by atomic mass is 16.3. The zero-order valence-corrected chi connectivity index (χ0v) is 14.1. The fourth-order valence-electron chi connectivity index (χ4n) is 2.98. The molecule has 1 aromatic carbocycles. The fraction of sp³-hybridized carbons (Fsp3) is 0.368. The average molecular weight is 342 g/mol. The second-order valence-corrected chi connectivity index (χ2v) is 6.44. The molecular weight excluding hydrogens is 320 g/mol. The van der Waals surface area contributed by atoms with Crippen molar-refractivity contribution in [2.45, 2.75) is 44.8 Å². The second-order valence-electron chi connectivity index (χ2n) is 6.44. The van der Waals surface area contributed by atoms with E-state index in [0.717, 1.165) is 18.4 Å². The van der Waals surface area contributed by atoms with Gasteiger partial charge in [0.25, 0.3) is 11.8 Å². The van der Waals surface area contributed by atoms with Crippen LogP contribution < -0.4 is 10.6 Å². The Hall–Kier alpha value is -2.60. The summed E-state index contributed by atoms with van der Waals surface area (Å²) in [6, 6.07) is 8.52. The van der Waals surface area contributed by atoms with Gasteiger partial charge >= 0.3 is 0 Å². The lowest BCUT2D eigenvalue weighted by atomic mass is 9.93. The van der Waals surface area contributed by atoms with Crippen LogP contribution in [0.15, 0.2) is 41.0 Å². The first-order valence-electron chi connectivity index (χ1n) is 8.47. The van der Waals surface area contributed by atoms with E-state index >= 15 is 0 Å². The highest BCUT2D eigenvalue weighted by molar-refractivity contribution is 6.03. The average Bonchev–Trinajstić information content (AvgIpc) is 3.13. The zero-order chi connectivity index (χ0) is 17.8. The normalized spacial score (nSPS) is 20.1. The van der Waals surface area contributed by atoms with Crippen LogP contribution in [0.5, 0.6) is 0 Å². The van der Waals surface area contributed by atoms with Gasteiger partial charge in [0.1, 0.15) is 0 Å². The number of furan rings is 1. The van der Waals surface area contributed by atoms with Crippen molar-refractivity contribution >= 4 is 17.5 Å². The van der Waals surface area contributed by atoms with Gasteiger partial charge < -0.3 is 20.2 Å². The van der Waals surface area contributed by atoms with Gasteiger partial charge in [-0.3, -0.25) is 9.59 Å². The van der Waals surface area contributed by atoms with Gasteiger partial charge in [-0.25, -0.2) is 0 Å². The Bertz CT molecular complexity index is 747. The van der Waals surface area contributed by atoms with Gasteiger partial charge in [0.2, 0.25) is 0 Å². The van der Waals surface area contributed by atoms with E-state index in [-0.39, 0.29) is 29.7 Å². The molecule has 6 heteroatoms. The quantitative estimate of drug-likeness (QED) is 0.797. The maximum Gasteiger partial charge on any atom is 0.291 e. The van der Waals surface area contributed by atoms with Crippen LogP contribution in [-0.2, 0) is 0 Å². The van der Waals surface area contributed by atoms with Crippen LogP contribution in [-0.4, -0.2) is 29.1 Å². The molecule has 0 aliphatic heterocycles. The molecule has 132 valence electrons. The summed E-state index contributed by atoms with van der Waals surface area (Å²) in [5, 5.41) is 15.3. The predicted molar refractivity (Wildman–Crippen MR) is 93.6 cm³/mol. The number of carbonyl (C=O) groups is 2. The van der Waals surface area contributed by atoms with E-state index in [1.165, 1.54) is 6.26 Å². The number of anilines is 1. The number of aliphatic hydroxyl groups is 1. The third-order valence-corrected chi connectivity index (χ3v) is 4.52. The molecule has 0 saturated heterocycles. The van der Waals surface area contributed by atoms with Crippen molar-refractivity contribution in [3.05, 3.63) is 53.5 Å². The smallest absolute Gasteiger partial charge is 0.291 e. The highest BCUT2D eigenvalue weighted by Gasteiger charge is 2.21. The van der Waals surface area contributed by atoms with Gasteiger partial charge in [0.15, 0.2) is 5.76 Å². The summed E-state index contributed by atoms with van der Waals surface area (Å²) in [4.78, 5) is 24.6. The molecule has 1 aromatic heterocycles. The summed E-state index contributed by atoms with van der Waals surface area (Å²) < 4.78 is 5.08. The Balaban J connectivity index is 1.68. The van der Waals surface area contributed by atoms with Crippen LogP contribution in [0.25, 0.3) is 0 Å². The standard InChI is InChI=1S/C19H22N2O4/c1-12-4-5-13(18(23)20-14-6-8-15(22)9-7-14)11-16(12)21-19(24)17-3-2-10-25-17/h2-5,10-11,14-15,22H,6-9H2,1H3,(H,20,23)(H,21,24). The first-order chi connectivity index (χ1) is 12.0. The number of rotatable bonds is 4.